The van der Waals surface area contributed by atoms with Crippen molar-refractivity contribution < 1.29 is 9.84 Å². The van der Waals surface area contributed by atoms with Crippen molar-refractivity contribution in [2.45, 2.75) is 32.9 Å². The van der Waals surface area contributed by atoms with E-state index < -0.39 is 0 Å². The van der Waals surface area contributed by atoms with Crippen molar-refractivity contribution in [1.29, 1.82) is 0 Å². The van der Waals surface area contributed by atoms with Crippen LogP contribution in [0.3, 0.4) is 0 Å². The van der Waals surface area contributed by atoms with Crippen LogP contribution in [0.5, 0.6) is 5.88 Å². The molecule has 0 saturated heterocycles. The van der Waals surface area contributed by atoms with Crippen LogP contribution in [0.2, 0.25) is 0 Å². The molecule has 0 radical (unpaired) electrons. The molecule has 1 aromatic carbocycles. The zero-order valence-corrected chi connectivity index (χ0v) is 20.9. The van der Waals surface area contributed by atoms with Crippen LogP contribution in [0.15, 0.2) is 48.7 Å². The average molecular weight is 478 g/mol. The highest BCUT2D eigenvalue weighted by atomic mass is 32.1. The standard InChI is InChI=1S/C26H31N5O2S/c1-17(23-10-11-24(34-23)20-9-6-5-8-19(20)16-31(3)4)28-26-21-14-25(33-13-7-12-32)27-15-22(21)29-18(2)30-26/h5-6,8-11,14-15,17,32H,7,12-13,16H2,1-4H3,(H,28,29,30). The second-order valence-electron chi connectivity index (χ2n) is 8.55. The van der Waals surface area contributed by atoms with Gasteiger partial charge in [-0.15, -0.1) is 11.3 Å². The van der Waals surface area contributed by atoms with E-state index >= 15 is 0 Å². The predicted octanol–water partition coefficient (Wildman–Crippen LogP) is 5.06. The fourth-order valence-electron chi connectivity index (χ4n) is 3.81. The van der Waals surface area contributed by atoms with E-state index in [9.17, 15) is 0 Å². The first-order chi connectivity index (χ1) is 16.4. The zero-order chi connectivity index (χ0) is 24.1. The molecule has 2 N–H and O–H groups in total. The number of ether oxygens (including phenoxy) is 1. The molecule has 178 valence electrons. The van der Waals surface area contributed by atoms with Gasteiger partial charge >= 0.3 is 0 Å². The van der Waals surface area contributed by atoms with Gasteiger partial charge in [0, 0.05) is 40.8 Å². The Bertz CT molecular complexity index is 1260. The summed E-state index contributed by atoms with van der Waals surface area (Å²) >= 11 is 1.80. The number of aryl methyl sites for hydroxylation is 1. The third-order valence-electron chi connectivity index (χ3n) is 5.40. The van der Waals surface area contributed by atoms with Crippen LogP contribution < -0.4 is 10.1 Å². The summed E-state index contributed by atoms with van der Waals surface area (Å²) in [6.45, 7) is 5.42. The second-order valence-corrected chi connectivity index (χ2v) is 9.66. The molecule has 34 heavy (non-hydrogen) atoms. The van der Waals surface area contributed by atoms with Gasteiger partial charge in [-0.1, -0.05) is 24.3 Å². The van der Waals surface area contributed by atoms with Crippen molar-refractivity contribution >= 4 is 28.1 Å². The number of rotatable bonds is 10. The number of hydrogen-bond acceptors (Lipinski definition) is 8. The highest BCUT2D eigenvalue weighted by Crippen LogP contribution is 2.35. The fourth-order valence-corrected chi connectivity index (χ4v) is 4.88. The van der Waals surface area contributed by atoms with E-state index in [0.717, 1.165) is 23.3 Å². The summed E-state index contributed by atoms with van der Waals surface area (Å²) in [5, 5.41) is 13.4. The van der Waals surface area contributed by atoms with Gasteiger partial charge < -0.3 is 20.1 Å². The normalized spacial score (nSPS) is 12.3. The lowest BCUT2D eigenvalue weighted by atomic mass is 10.1. The number of fused-ring (bicyclic) bond motifs is 1. The Balaban J connectivity index is 1.59. The van der Waals surface area contributed by atoms with Gasteiger partial charge in [0.1, 0.15) is 11.6 Å². The monoisotopic (exact) mass is 477 g/mol. The minimum absolute atomic E-state index is 0.0594. The summed E-state index contributed by atoms with van der Waals surface area (Å²) in [6, 6.07) is 14.9. The molecule has 3 aromatic heterocycles. The third-order valence-corrected chi connectivity index (χ3v) is 6.70. The Labute approximate surface area is 204 Å². The van der Waals surface area contributed by atoms with Crippen molar-refractivity contribution in [3.05, 3.63) is 64.9 Å². The third kappa shape index (κ3) is 5.70. The number of aromatic nitrogens is 3. The SMILES string of the molecule is Cc1nc(NC(C)c2ccc(-c3ccccc3CN(C)C)s2)c2cc(OCCCO)ncc2n1. The van der Waals surface area contributed by atoms with Crippen LogP contribution in [0.4, 0.5) is 5.82 Å². The topological polar surface area (TPSA) is 83.4 Å². The molecule has 0 bridgehead atoms. The summed E-state index contributed by atoms with van der Waals surface area (Å²) in [5.41, 5.74) is 3.36. The van der Waals surface area contributed by atoms with Gasteiger partial charge in [0.05, 0.1) is 24.4 Å². The molecule has 7 nitrogen and oxygen atoms in total. The maximum atomic E-state index is 8.99. The fraction of sp³-hybridized carbons (Fsp3) is 0.346. The Morgan fingerprint density at radius 3 is 2.76 bits per heavy atom. The highest BCUT2D eigenvalue weighted by Gasteiger charge is 2.15. The number of nitrogens with zero attached hydrogens (tertiary/aromatic N) is 4. The van der Waals surface area contributed by atoms with E-state index in [4.69, 9.17) is 9.84 Å². The molecule has 8 heteroatoms. The van der Waals surface area contributed by atoms with E-state index in [1.54, 1.807) is 17.5 Å². The Morgan fingerprint density at radius 2 is 1.97 bits per heavy atom. The van der Waals surface area contributed by atoms with E-state index in [1.165, 1.54) is 20.9 Å². The van der Waals surface area contributed by atoms with Crippen LogP contribution in [-0.2, 0) is 6.54 Å². The van der Waals surface area contributed by atoms with Gasteiger partial charge in [0.2, 0.25) is 5.88 Å². The van der Waals surface area contributed by atoms with Gasteiger partial charge in [-0.25, -0.2) is 15.0 Å². The lowest BCUT2D eigenvalue weighted by Gasteiger charge is -2.16. The van der Waals surface area contributed by atoms with Crippen LogP contribution >= 0.6 is 11.3 Å². The molecule has 3 heterocycles. The molecule has 4 rings (SSSR count). The lowest BCUT2D eigenvalue weighted by molar-refractivity contribution is 0.229. The van der Waals surface area contributed by atoms with Crippen molar-refractivity contribution in [2.75, 3.05) is 32.6 Å². The Kier molecular flexibility index (Phi) is 7.72. The number of nitrogens with one attached hydrogen (secondary N) is 1. The molecule has 0 aliphatic carbocycles. The molecular formula is C26H31N5O2S. The first-order valence-electron chi connectivity index (χ1n) is 11.4. The maximum absolute atomic E-state index is 8.99. The van der Waals surface area contributed by atoms with E-state index in [1.807, 2.05) is 13.0 Å². The largest absolute Gasteiger partial charge is 0.478 e. The summed E-state index contributed by atoms with van der Waals surface area (Å²) < 4.78 is 5.66. The van der Waals surface area contributed by atoms with Crippen LogP contribution in [0, 0.1) is 6.92 Å². The van der Waals surface area contributed by atoms with E-state index in [2.05, 4.69) is 82.6 Å². The van der Waals surface area contributed by atoms with Gasteiger partial charge in [-0.2, -0.15) is 0 Å². The minimum Gasteiger partial charge on any atom is -0.478 e. The molecule has 0 aliphatic heterocycles. The zero-order valence-electron chi connectivity index (χ0n) is 20.1. The molecular weight excluding hydrogens is 446 g/mol. The van der Waals surface area contributed by atoms with Crippen molar-refractivity contribution in [3.63, 3.8) is 0 Å². The first-order valence-corrected chi connectivity index (χ1v) is 12.2. The molecule has 0 saturated carbocycles. The lowest BCUT2D eigenvalue weighted by Crippen LogP contribution is -2.11. The van der Waals surface area contributed by atoms with Gasteiger partial charge in [0.25, 0.3) is 0 Å². The Morgan fingerprint density at radius 1 is 1.15 bits per heavy atom. The van der Waals surface area contributed by atoms with E-state index in [-0.39, 0.29) is 12.6 Å². The first kappa shape index (κ1) is 24.1. The quantitative estimate of drug-likeness (QED) is 0.309. The van der Waals surface area contributed by atoms with Gasteiger partial charge in [0.15, 0.2) is 0 Å². The molecule has 1 unspecified atom stereocenters. The predicted molar refractivity (Wildman–Crippen MR) is 138 cm³/mol. The number of benzene rings is 1. The van der Waals surface area contributed by atoms with E-state index in [0.29, 0.717) is 24.7 Å². The molecule has 0 aliphatic rings. The number of thiophene rings is 1. The van der Waals surface area contributed by atoms with Gasteiger partial charge in [-0.3, -0.25) is 0 Å². The maximum Gasteiger partial charge on any atom is 0.214 e. The minimum atomic E-state index is 0.0594. The number of aliphatic hydroxyl groups excluding tert-OH is 1. The summed E-state index contributed by atoms with van der Waals surface area (Å²) in [5.74, 6) is 1.94. The number of anilines is 1. The van der Waals surface area contributed by atoms with Crippen molar-refractivity contribution in [1.82, 2.24) is 19.9 Å². The van der Waals surface area contributed by atoms with Crippen LogP contribution in [0.25, 0.3) is 21.3 Å². The smallest absolute Gasteiger partial charge is 0.214 e. The second kappa shape index (κ2) is 10.9. The molecule has 0 fully saturated rings. The average Bonchev–Trinajstić information content (AvgIpc) is 3.30. The molecule has 1 atom stereocenters. The Hall–Kier alpha value is -3.07. The highest BCUT2D eigenvalue weighted by molar-refractivity contribution is 7.15. The summed E-state index contributed by atoms with van der Waals surface area (Å²) in [6.07, 6.45) is 2.27. The molecule has 4 aromatic rings. The number of aliphatic hydroxyl groups is 1. The van der Waals surface area contributed by atoms with Gasteiger partial charge in [-0.05, 0) is 51.2 Å². The molecule has 0 amide bonds. The molecule has 0 spiro atoms. The van der Waals surface area contributed by atoms with Crippen molar-refractivity contribution in [3.8, 4) is 16.3 Å². The van der Waals surface area contributed by atoms with Crippen LogP contribution in [-0.4, -0.2) is 52.3 Å². The van der Waals surface area contributed by atoms with Crippen molar-refractivity contribution in [2.24, 2.45) is 0 Å². The number of pyridine rings is 1. The number of hydrogen-bond donors (Lipinski definition) is 2. The van der Waals surface area contributed by atoms with Crippen LogP contribution in [0.1, 0.15) is 35.7 Å². The summed E-state index contributed by atoms with van der Waals surface area (Å²) in [7, 11) is 4.19. The summed E-state index contributed by atoms with van der Waals surface area (Å²) in [4.78, 5) is 18.2.